The van der Waals surface area contributed by atoms with E-state index in [0.717, 1.165) is 33.9 Å². The topological polar surface area (TPSA) is 65.4 Å². The number of methoxy groups -OCH3 is 1. The number of aromatic nitrogens is 2. The van der Waals surface area contributed by atoms with Crippen LogP contribution >= 0.6 is 11.8 Å². The van der Waals surface area contributed by atoms with E-state index >= 15 is 0 Å². The summed E-state index contributed by atoms with van der Waals surface area (Å²) in [5, 5.41) is 7.80. The molecule has 1 atom stereocenters. The molecule has 2 aromatic carbocycles. The first-order valence-corrected chi connectivity index (χ1v) is 11.0. The van der Waals surface area contributed by atoms with Crippen LogP contribution in [0.2, 0.25) is 0 Å². The van der Waals surface area contributed by atoms with Crippen LogP contribution in [0.5, 0.6) is 11.5 Å². The van der Waals surface area contributed by atoms with Gasteiger partial charge in [-0.15, -0.1) is 11.8 Å². The Kier molecular flexibility index (Phi) is 5.72. The second-order valence-electron chi connectivity index (χ2n) is 7.18. The Morgan fingerprint density at radius 3 is 2.77 bits per heavy atom. The fourth-order valence-corrected chi connectivity index (χ4v) is 4.89. The fraction of sp³-hybridized carbons (Fsp3) is 0.304. The van der Waals surface area contributed by atoms with Crippen LogP contribution in [0.3, 0.4) is 0 Å². The van der Waals surface area contributed by atoms with E-state index in [4.69, 9.17) is 14.6 Å². The van der Waals surface area contributed by atoms with Crippen molar-refractivity contribution in [1.29, 1.82) is 0 Å². The monoisotopic (exact) mass is 423 g/mol. The molecule has 0 radical (unpaired) electrons. The number of benzene rings is 2. The minimum Gasteiger partial charge on any atom is -0.493 e. The van der Waals surface area contributed by atoms with Crippen LogP contribution in [-0.4, -0.2) is 35.2 Å². The van der Waals surface area contributed by atoms with Crippen LogP contribution in [-0.2, 0) is 4.79 Å². The number of hydrogen-bond donors (Lipinski definition) is 1. The first-order chi connectivity index (χ1) is 14.5. The van der Waals surface area contributed by atoms with Crippen molar-refractivity contribution in [2.24, 2.45) is 0 Å². The highest BCUT2D eigenvalue weighted by molar-refractivity contribution is 8.00. The van der Waals surface area contributed by atoms with Gasteiger partial charge in [-0.05, 0) is 56.2 Å². The molecule has 4 rings (SSSR count). The molecule has 30 heavy (non-hydrogen) atoms. The maximum Gasteiger partial charge on any atom is 0.235 e. The molecular formula is C23H25N3O3S. The first kappa shape index (κ1) is 20.3. The van der Waals surface area contributed by atoms with Crippen molar-refractivity contribution in [3.63, 3.8) is 0 Å². The summed E-state index contributed by atoms with van der Waals surface area (Å²) in [7, 11) is 1.64. The SMILES string of the molecule is CCOc1ccc([C@@H]2SCC(=O)Nc3c2c(C)nn3-c2cccc(C)c2)cc1OC. The Balaban J connectivity index is 1.84. The van der Waals surface area contributed by atoms with E-state index < -0.39 is 0 Å². The van der Waals surface area contributed by atoms with Crippen molar-refractivity contribution >= 4 is 23.5 Å². The summed E-state index contributed by atoms with van der Waals surface area (Å²) in [6, 6.07) is 14.1. The summed E-state index contributed by atoms with van der Waals surface area (Å²) in [4.78, 5) is 12.5. The van der Waals surface area contributed by atoms with Crippen LogP contribution in [0.4, 0.5) is 5.82 Å². The Bertz CT molecular complexity index is 1090. The van der Waals surface area contributed by atoms with Gasteiger partial charge in [-0.3, -0.25) is 4.79 Å². The van der Waals surface area contributed by atoms with Crippen molar-refractivity contribution in [1.82, 2.24) is 9.78 Å². The van der Waals surface area contributed by atoms with E-state index in [-0.39, 0.29) is 11.2 Å². The summed E-state index contributed by atoms with van der Waals surface area (Å²) < 4.78 is 13.0. The molecule has 1 aliphatic heterocycles. The van der Waals surface area contributed by atoms with E-state index in [2.05, 4.69) is 11.4 Å². The molecule has 0 saturated heterocycles. The number of aryl methyl sites for hydroxylation is 2. The second kappa shape index (κ2) is 8.44. The van der Waals surface area contributed by atoms with E-state index in [1.807, 2.05) is 61.9 Å². The number of nitrogens with one attached hydrogen (secondary N) is 1. The van der Waals surface area contributed by atoms with Crippen molar-refractivity contribution < 1.29 is 14.3 Å². The minimum absolute atomic E-state index is 0.0320. The molecule has 1 aromatic heterocycles. The number of amides is 1. The van der Waals surface area contributed by atoms with Gasteiger partial charge in [0.1, 0.15) is 5.82 Å². The molecule has 3 aromatic rings. The molecular weight excluding hydrogens is 398 g/mol. The maximum absolute atomic E-state index is 12.5. The molecule has 7 heteroatoms. The van der Waals surface area contributed by atoms with Crippen molar-refractivity contribution in [3.05, 3.63) is 64.8 Å². The van der Waals surface area contributed by atoms with Gasteiger partial charge in [0.2, 0.25) is 5.91 Å². The largest absolute Gasteiger partial charge is 0.493 e. The number of nitrogens with zero attached hydrogens (tertiary/aromatic N) is 2. The third-order valence-electron chi connectivity index (χ3n) is 5.04. The predicted molar refractivity (Wildman–Crippen MR) is 120 cm³/mol. The standard InChI is InChI=1S/C23H25N3O3S/c1-5-29-18-10-9-16(12-19(18)28-4)22-21-15(3)25-26(17-8-6-7-14(2)11-17)23(21)24-20(27)13-30-22/h6-12,22H,5,13H2,1-4H3,(H,24,27)/t22-/m0/s1. The van der Waals surface area contributed by atoms with E-state index in [9.17, 15) is 4.79 Å². The Hall–Kier alpha value is -2.93. The van der Waals surface area contributed by atoms with Crippen molar-refractivity contribution in [2.75, 3.05) is 24.8 Å². The minimum atomic E-state index is -0.0536. The molecule has 156 valence electrons. The van der Waals surface area contributed by atoms with Crippen LogP contribution < -0.4 is 14.8 Å². The summed E-state index contributed by atoms with van der Waals surface area (Å²) in [6.07, 6.45) is 0. The zero-order chi connectivity index (χ0) is 21.3. The zero-order valence-electron chi connectivity index (χ0n) is 17.6. The van der Waals surface area contributed by atoms with Crippen LogP contribution in [0.1, 0.15) is 34.6 Å². The maximum atomic E-state index is 12.5. The number of hydrogen-bond acceptors (Lipinski definition) is 5. The van der Waals surface area contributed by atoms with E-state index in [0.29, 0.717) is 23.9 Å². The van der Waals surface area contributed by atoms with Crippen molar-refractivity contribution in [2.45, 2.75) is 26.0 Å². The number of thioether (sulfide) groups is 1. The van der Waals surface area contributed by atoms with Gasteiger partial charge in [0.25, 0.3) is 0 Å². The second-order valence-corrected chi connectivity index (χ2v) is 8.27. The predicted octanol–water partition coefficient (Wildman–Crippen LogP) is 4.67. The van der Waals surface area contributed by atoms with Crippen LogP contribution in [0.15, 0.2) is 42.5 Å². The summed E-state index contributed by atoms with van der Waals surface area (Å²) in [6.45, 7) is 6.55. The number of anilines is 1. The molecule has 1 aliphatic rings. The van der Waals surface area contributed by atoms with Gasteiger partial charge in [0.15, 0.2) is 11.5 Å². The summed E-state index contributed by atoms with van der Waals surface area (Å²) in [5.74, 6) is 2.46. The van der Waals surface area contributed by atoms with Gasteiger partial charge in [0, 0.05) is 5.56 Å². The third kappa shape index (κ3) is 3.77. The molecule has 1 amide bonds. The average Bonchev–Trinajstić information content (AvgIpc) is 2.94. The molecule has 1 N–H and O–H groups in total. The highest BCUT2D eigenvalue weighted by Crippen LogP contribution is 2.45. The van der Waals surface area contributed by atoms with Gasteiger partial charge in [-0.1, -0.05) is 18.2 Å². The number of carbonyl (C=O) groups excluding carboxylic acids is 1. The normalized spacial score (nSPS) is 15.9. The summed E-state index contributed by atoms with van der Waals surface area (Å²) in [5.41, 5.74) is 5.01. The third-order valence-corrected chi connectivity index (χ3v) is 6.31. The van der Waals surface area contributed by atoms with Gasteiger partial charge in [0.05, 0.1) is 36.1 Å². The van der Waals surface area contributed by atoms with Crippen LogP contribution in [0, 0.1) is 13.8 Å². The number of carbonyl (C=O) groups is 1. The lowest BCUT2D eigenvalue weighted by atomic mass is 10.0. The molecule has 0 aliphatic carbocycles. The molecule has 0 saturated carbocycles. The summed E-state index contributed by atoms with van der Waals surface area (Å²) >= 11 is 1.59. The molecule has 0 spiro atoms. The zero-order valence-corrected chi connectivity index (χ0v) is 18.4. The first-order valence-electron chi connectivity index (χ1n) is 9.90. The lowest BCUT2D eigenvalue weighted by molar-refractivity contribution is -0.113. The van der Waals surface area contributed by atoms with Crippen LogP contribution in [0.25, 0.3) is 5.69 Å². The molecule has 0 fully saturated rings. The van der Waals surface area contributed by atoms with Gasteiger partial charge in [-0.25, -0.2) is 4.68 Å². The molecule has 0 unspecified atom stereocenters. The van der Waals surface area contributed by atoms with Gasteiger partial charge < -0.3 is 14.8 Å². The average molecular weight is 424 g/mol. The Morgan fingerprint density at radius 2 is 2.03 bits per heavy atom. The highest BCUT2D eigenvalue weighted by atomic mass is 32.2. The quantitative estimate of drug-likeness (QED) is 0.646. The molecule has 2 heterocycles. The lowest BCUT2D eigenvalue weighted by Crippen LogP contribution is -2.15. The highest BCUT2D eigenvalue weighted by Gasteiger charge is 2.31. The number of rotatable bonds is 5. The van der Waals surface area contributed by atoms with Gasteiger partial charge >= 0.3 is 0 Å². The smallest absolute Gasteiger partial charge is 0.235 e. The number of fused-ring (bicyclic) bond motifs is 1. The van der Waals surface area contributed by atoms with E-state index in [1.54, 1.807) is 18.9 Å². The lowest BCUT2D eigenvalue weighted by Gasteiger charge is -2.18. The Labute approximate surface area is 180 Å². The van der Waals surface area contributed by atoms with Gasteiger partial charge in [-0.2, -0.15) is 5.10 Å². The molecule has 0 bridgehead atoms. The van der Waals surface area contributed by atoms with E-state index in [1.165, 1.54) is 0 Å². The van der Waals surface area contributed by atoms with Crippen molar-refractivity contribution in [3.8, 4) is 17.2 Å². The molecule has 6 nitrogen and oxygen atoms in total. The number of ether oxygens (including phenoxy) is 2. The fourth-order valence-electron chi connectivity index (χ4n) is 3.72. The Morgan fingerprint density at radius 1 is 1.20 bits per heavy atom.